The van der Waals surface area contributed by atoms with Gasteiger partial charge in [-0.2, -0.15) is 26.3 Å². The van der Waals surface area contributed by atoms with Crippen LogP contribution in [0.4, 0.5) is 30.7 Å². The molecule has 2 aliphatic carbocycles. The molecule has 0 aromatic carbocycles. The number of hydrogen-bond donors (Lipinski definition) is 0. The minimum atomic E-state index is -5.95. The van der Waals surface area contributed by atoms with Gasteiger partial charge in [0.25, 0.3) is 0 Å². The highest BCUT2D eigenvalue weighted by Crippen LogP contribution is 2.47. The molecule has 0 spiro atoms. The van der Waals surface area contributed by atoms with Crippen molar-refractivity contribution >= 4 is 0 Å². The smallest absolute Gasteiger partial charge is 0.308 e. The molecule has 31 heavy (non-hydrogen) atoms. The second-order valence-electron chi connectivity index (χ2n) is 8.41. The molecule has 0 aromatic heterocycles. The van der Waals surface area contributed by atoms with Gasteiger partial charge in [0.2, 0.25) is 0 Å². The highest BCUT2D eigenvalue weighted by molar-refractivity contribution is 5.42. The second kappa shape index (κ2) is 11.0. The Bertz CT molecular complexity index is 667. The van der Waals surface area contributed by atoms with Crippen molar-refractivity contribution in [3.05, 3.63) is 35.5 Å². The summed E-state index contributed by atoms with van der Waals surface area (Å²) >= 11 is 0. The number of halogens is 7. The highest BCUT2D eigenvalue weighted by Gasteiger charge is 2.73. The van der Waals surface area contributed by atoms with Gasteiger partial charge in [0, 0.05) is 0 Å². The Morgan fingerprint density at radius 1 is 0.968 bits per heavy atom. The first-order chi connectivity index (χ1) is 14.5. The van der Waals surface area contributed by atoms with Gasteiger partial charge in [-0.3, -0.25) is 0 Å². The van der Waals surface area contributed by atoms with Crippen LogP contribution in [-0.2, 0) is 4.74 Å². The molecule has 0 aliphatic heterocycles. The number of rotatable bonds is 12. The topological polar surface area (TPSA) is 9.23 Å². The minimum absolute atomic E-state index is 0.156. The molecule has 0 bridgehead atoms. The second-order valence-corrected chi connectivity index (χ2v) is 8.41. The van der Waals surface area contributed by atoms with Crippen molar-refractivity contribution in [3.8, 4) is 0 Å². The molecule has 2 rings (SSSR count). The number of alkyl halides is 7. The predicted octanol–water partition coefficient (Wildman–Crippen LogP) is 8.18. The molecule has 0 amide bonds. The number of unbranched alkanes of at least 4 members (excludes halogenated alkanes) is 4. The Balaban J connectivity index is 1.85. The monoisotopic (exact) mass is 456 g/mol. The third kappa shape index (κ3) is 6.59. The fourth-order valence-electron chi connectivity index (χ4n) is 3.94. The van der Waals surface area contributed by atoms with Crippen molar-refractivity contribution in [2.45, 2.75) is 95.2 Å². The van der Waals surface area contributed by atoms with Crippen LogP contribution in [0.15, 0.2) is 35.5 Å². The van der Waals surface area contributed by atoms with Crippen molar-refractivity contribution < 1.29 is 35.5 Å². The summed E-state index contributed by atoms with van der Waals surface area (Å²) in [4.78, 5) is 0. The van der Waals surface area contributed by atoms with Crippen LogP contribution >= 0.6 is 0 Å². The molecular formula is C23H31F7O. The van der Waals surface area contributed by atoms with E-state index in [2.05, 4.69) is 17.7 Å². The molecule has 2 aliphatic rings. The Morgan fingerprint density at radius 3 is 2.23 bits per heavy atom. The Kier molecular flexibility index (Phi) is 9.22. The van der Waals surface area contributed by atoms with Gasteiger partial charge in [-0.05, 0) is 42.7 Å². The largest absolute Gasteiger partial charge is 0.426 e. The van der Waals surface area contributed by atoms with E-state index in [4.69, 9.17) is 0 Å². The van der Waals surface area contributed by atoms with Crippen molar-refractivity contribution in [3.63, 3.8) is 0 Å². The molecule has 0 saturated carbocycles. The summed E-state index contributed by atoms with van der Waals surface area (Å²) in [6.45, 7) is -0.723. The van der Waals surface area contributed by atoms with Crippen LogP contribution < -0.4 is 0 Å². The first kappa shape index (κ1) is 25.9. The zero-order valence-electron chi connectivity index (χ0n) is 17.8. The van der Waals surface area contributed by atoms with Crippen LogP contribution in [0.25, 0.3) is 0 Å². The lowest BCUT2D eigenvalue weighted by atomic mass is 9.82. The highest BCUT2D eigenvalue weighted by atomic mass is 19.4. The summed E-state index contributed by atoms with van der Waals surface area (Å²) in [5.74, 6) is -10.8. The fourth-order valence-corrected chi connectivity index (χ4v) is 3.94. The molecule has 178 valence electrons. The van der Waals surface area contributed by atoms with Crippen LogP contribution in [0, 0.1) is 5.92 Å². The minimum Gasteiger partial charge on any atom is -0.308 e. The van der Waals surface area contributed by atoms with E-state index >= 15 is 0 Å². The van der Waals surface area contributed by atoms with Crippen LogP contribution in [0.2, 0.25) is 0 Å². The van der Waals surface area contributed by atoms with Crippen LogP contribution in [0.5, 0.6) is 0 Å². The number of allylic oxidation sites excluding steroid dienone is 4. The first-order valence-corrected chi connectivity index (χ1v) is 11.0. The average molecular weight is 456 g/mol. The van der Waals surface area contributed by atoms with Gasteiger partial charge in [-0.25, -0.2) is 4.39 Å². The summed E-state index contributed by atoms with van der Waals surface area (Å²) in [7, 11) is 0. The maximum Gasteiger partial charge on any atom is 0.426 e. The van der Waals surface area contributed by atoms with Crippen LogP contribution in [0.1, 0.15) is 71.1 Å². The Hall–Kier alpha value is -1.31. The zero-order valence-corrected chi connectivity index (χ0v) is 17.8. The SMILES string of the molecule is CCCCCCCC1CC=C(C2=CCC(OC(F)(F)C(F)(F)C(F)(F)CF)C=C2)CC1. The van der Waals surface area contributed by atoms with Gasteiger partial charge < -0.3 is 4.74 Å². The fraction of sp³-hybridized carbons (Fsp3) is 0.739. The third-order valence-electron chi connectivity index (χ3n) is 5.96. The summed E-state index contributed by atoms with van der Waals surface area (Å²) in [5, 5.41) is 0. The summed E-state index contributed by atoms with van der Waals surface area (Å²) in [5.41, 5.74) is 1.88. The molecule has 0 fully saturated rings. The van der Waals surface area contributed by atoms with Crippen molar-refractivity contribution in [2.75, 3.05) is 6.67 Å². The van der Waals surface area contributed by atoms with Crippen molar-refractivity contribution in [1.29, 1.82) is 0 Å². The molecule has 0 aromatic rings. The summed E-state index contributed by atoms with van der Waals surface area (Å²) in [6.07, 6.45) is 9.43. The first-order valence-electron chi connectivity index (χ1n) is 11.0. The third-order valence-corrected chi connectivity index (χ3v) is 5.96. The lowest BCUT2D eigenvalue weighted by Crippen LogP contribution is -2.57. The molecule has 2 unspecified atom stereocenters. The molecule has 1 nitrogen and oxygen atoms in total. The van der Waals surface area contributed by atoms with Gasteiger partial charge in [0.05, 0.1) is 6.10 Å². The van der Waals surface area contributed by atoms with E-state index in [0.717, 1.165) is 36.5 Å². The molecule has 8 heteroatoms. The van der Waals surface area contributed by atoms with Crippen LogP contribution in [-0.4, -0.2) is 30.7 Å². The van der Waals surface area contributed by atoms with Gasteiger partial charge in [-0.15, -0.1) is 0 Å². The molecular weight excluding hydrogens is 425 g/mol. The van der Waals surface area contributed by atoms with E-state index in [1.165, 1.54) is 44.6 Å². The quantitative estimate of drug-likeness (QED) is 0.213. The van der Waals surface area contributed by atoms with E-state index < -0.39 is 30.7 Å². The van der Waals surface area contributed by atoms with E-state index in [9.17, 15) is 30.7 Å². The normalized spacial score (nSPS) is 23.0. The van der Waals surface area contributed by atoms with Gasteiger partial charge >= 0.3 is 18.0 Å². The Morgan fingerprint density at radius 2 is 1.68 bits per heavy atom. The molecule has 0 radical (unpaired) electrons. The van der Waals surface area contributed by atoms with E-state index in [-0.39, 0.29) is 6.42 Å². The average Bonchev–Trinajstić information content (AvgIpc) is 2.74. The summed E-state index contributed by atoms with van der Waals surface area (Å²) < 4.78 is 96.0. The van der Waals surface area contributed by atoms with Gasteiger partial charge in [0.1, 0.15) is 0 Å². The maximum atomic E-state index is 13.6. The molecule has 0 heterocycles. The van der Waals surface area contributed by atoms with Gasteiger partial charge in [-0.1, -0.05) is 69.8 Å². The number of ether oxygens (including phenoxy) is 1. The van der Waals surface area contributed by atoms with Gasteiger partial charge in [0.15, 0.2) is 6.67 Å². The van der Waals surface area contributed by atoms with Crippen molar-refractivity contribution in [2.24, 2.45) is 5.92 Å². The van der Waals surface area contributed by atoms with E-state index in [1.807, 2.05) is 0 Å². The molecule has 0 saturated heterocycles. The molecule has 2 atom stereocenters. The zero-order chi connectivity index (χ0) is 23.1. The predicted molar refractivity (Wildman–Crippen MR) is 106 cm³/mol. The summed E-state index contributed by atoms with van der Waals surface area (Å²) in [6, 6.07) is 0. The van der Waals surface area contributed by atoms with E-state index in [1.54, 1.807) is 6.08 Å². The number of hydrogen-bond acceptors (Lipinski definition) is 1. The maximum absolute atomic E-state index is 13.6. The lowest BCUT2D eigenvalue weighted by molar-refractivity contribution is -0.405. The van der Waals surface area contributed by atoms with Crippen LogP contribution in [0.3, 0.4) is 0 Å². The van der Waals surface area contributed by atoms with E-state index in [0.29, 0.717) is 5.92 Å². The molecule has 0 N–H and O–H groups in total. The Labute approximate surface area is 179 Å². The standard InChI is InChI=1S/C23H31F7O/c1-2-3-4-5-6-7-17-8-10-18(11-9-17)19-12-14-20(15-13-19)31-23(29,30)22(27,28)21(25,26)16-24/h10,12-14,17,20H,2-9,11,15-16H2,1H3. The lowest BCUT2D eigenvalue weighted by Gasteiger charge is -2.33. The van der Waals surface area contributed by atoms with Crippen molar-refractivity contribution in [1.82, 2.24) is 0 Å².